The van der Waals surface area contributed by atoms with Crippen LogP contribution in [0.1, 0.15) is 58.4 Å². The average Bonchev–Trinajstić information content (AvgIpc) is 2.65. The quantitative estimate of drug-likeness (QED) is 0.718. The van der Waals surface area contributed by atoms with E-state index in [4.69, 9.17) is 4.74 Å². The third kappa shape index (κ3) is 7.79. The minimum absolute atomic E-state index is 0.0751. The van der Waals surface area contributed by atoms with Crippen LogP contribution in [0.3, 0.4) is 0 Å². The van der Waals surface area contributed by atoms with Crippen molar-refractivity contribution in [2.24, 2.45) is 0 Å². The van der Waals surface area contributed by atoms with Crippen LogP contribution in [-0.4, -0.2) is 49.2 Å². The maximum Gasteiger partial charge on any atom is 0.407 e. The number of carbonyl (C=O) groups is 2. The summed E-state index contributed by atoms with van der Waals surface area (Å²) >= 11 is 0. The van der Waals surface area contributed by atoms with E-state index in [2.05, 4.69) is 34.5 Å². The molecular formula is C22H35N3O3. The summed E-state index contributed by atoms with van der Waals surface area (Å²) in [5.41, 5.74) is 1.89. The highest BCUT2D eigenvalue weighted by molar-refractivity contribution is 5.76. The Morgan fingerprint density at radius 1 is 1.11 bits per heavy atom. The molecule has 1 fully saturated rings. The molecule has 1 saturated heterocycles. The zero-order chi connectivity index (χ0) is 20.6. The van der Waals surface area contributed by atoms with Gasteiger partial charge in [0.1, 0.15) is 5.60 Å². The van der Waals surface area contributed by atoms with Gasteiger partial charge in [-0.2, -0.15) is 0 Å². The van der Waals surface area contributed by atoms with Gasteiger partial charge in [-0.15, -0.1) is 0 Å². The fourth-order valence-corrected chi connectivity index (χ4v) is 3.26. The molecule has 28 heavy (non-hydrogen) atoms. The third-order valence-electron chi connectivity index (χ3n) is 4.74. The van der Waals surface area contributed by atoms with E-state index < -0.39 is 11.7 Å². The molecule has 0 radical (unpaired) electrons. The van der Waals surface area contributed by atoms with E-state index in [1.807, 2.05) is 27.8 Å². The lowest BCUT2D eigenvalue weighted by Crippen LogP contribution is -2.33. The zero-order valence-corrected chi connectivity index (χ0v) is 17.8. The summed E-state index contributed by atoms with van der Waals surface area (Å²) in [6.07, 6.45) is 4.41. The number of benzene rings is 1. The number of hydrogen-bond donors (Lipinski definition) is 1. The van der Waals surface area contributed by atoms with Crippen molar-refractivity contribution in [3.05, 3.63) is 29.8 Å². The van der Waals surface area contributed by atoms with Crippen molar-refractivity contribution in [3.63, 3.8) is 0 Å². The molecule has 0 bridgehead atoms. The topological polar surface area (TPSA) is 61.9 Å². The van der Waals surface area contributed by atoms with Gasteiger partial charge in [-0.1, -0.05) is 12.1 Å². The largest absolute Gasteiger partial charge is 0.444 e. The van der Waals surface area contributed by atoms with E-state index in [0.717, 1.165) is 18.7 Å². The van der Waals surface area contributed by atoms with Crippen LogP contribution < -0.4 is 10.2 Å². The summed E-state index contributed by atoms with van der Waals surface area (Å²) in [7, 11) is 1.82. The van der Waals surface area contributed by atoms with Crippen LogP contribution in [-0.2, 0) is 16.1 Å². The smallest absolute Gasteiger partial charge is 0.407 e. The first-order valence-electron chi connectivity index (χ1n) is 10.3. The lowest BCUT2D eigenvalue weighted by Gasteiger charge is -2.29. The summed E-state index contributed by atoms with van der Waals surface area (Å²) < 4.78 is 5.18. The number of carbonyl (C=O) groups excluding carboxylic acids is 2. The monoisotopic (exact) mass is 389 g/mol. The fraction of sp³-hybridized carbons (Fsp3) is 0.636. The van der Waals surface area contributed by atoms with Crippen LogP contribution in [0.15, 0.2) is 24.3 Å². The van der Waals surface area contributed by atoms with Gasteiger partial charge in [0.05, 0.1) is 0 Å². The molecular weight excluding hydrogens is 354 g/mol. The molecule has 2 rings (SSSR count). The van der Waals surface area contributed by atoms with Crippen LogP contribution >= 0.6 is 0 Å². The summed E-state index contributed by atoms with van der Waals surface area (Å²) in [5.74, 6) is 0.0751. The number of rotatable bonds is 7. The normalized spacial score (nSPS) is 14.5. The van der Waals surface area contributed by atoms with E-state index in [0.29, 0.717) is 25.9 Å². The Morgan fingerprint density at radius 2 is 1.75 bits per heavy atom. The molecule has 1 N–H and O–H groups in total. The summed E-state index contributed by atoms with van der Waals surface area (Å²) in [4.78, 5) is 28.1. The Bertz CT molecular complexity index is 631. The first-order valence-corrected chi connectivity index (χ1v) is 10.3. The maximum absolute atomic E-state index is 12.3. The second-order valence-corrected chi connectivity index (χ2v) is 8.50. The van der Waals surface area contributed by atoms with Gasteiger partial charge in [0.2, 0.25) is 5.91 Å². The molecule has 1 aliphatic heterocycles. The molecule has 1 aromatic rings. The Balaban J connectivity index is 1.69. The molecule has 0 atom stereocenters. The van der Waals surface area contributed by atoms with Crippen molar-refractivity contribution in [2.75, 3.05) is 31.6 Å². The average molecular weight is 390 g/mol. The van der Waals surface area contributed by atoms with Gasteiger partial charge < -0.3 is 19.9 Å². The minimum Gasteiger partial charge on any atom is -0.444 e. The SMILES string of the molecule is CN(Cc1ccc(N2CCCCC2)cc1)C(=O)CCCNC(=O)OC(C)(C)C. The number of ether oxygens (including phenoxy) is 1. The number of alkyl carbamates (subject to hydrolysis) is 1. The van der Waals surface area contributed by atoms with E-state index >= 15 is 0 Å². The molecule has 0 aromatic heterocycles. The van der Waals surface area contributed by atoms with Crippen molar-refractivity contribution >= 4 is 17.7 Å². The highest BCUT2D eigenvalue weighted by Gasteiger charge is 2.16. The molecule has 0 spiro atoms. The number of nitrogens with zero attached hydrogens (tertiary/aromatic N) is 2. The Morgan fingerprint density at radius 3 is 2.36 bits per heavy atom. The number of piperidine rings is 1. The lowest BCUT2D eigenvalue weighted by atomic mass is 10.1. The highest BCUT2D eigenvalue weighted by atomic mass is 16.6. The maximum atomic E-state index is 12.3. The number of nitrogens with one attached hydrogen (secondary N) is 1. The van der Waals surface area contributed by atoms with Gasteiger partial charge in [0.15, 0.2) is 0 Å². The van der Waals surface area contributed by atoms with Crippen LogP contribution in [0.4, 0.5) is 10.5 Å². The van der Waals surface area contributed by atoms with Gasteiger partial charge in [-0.05, 0) is 64.2 Å². The molecule has 1 aliphatic rings. The summed E-state index contributed by atoms with van der Waals surface area (Å²) in [6.45, 7) is 8.76. The predicted octanol–water partition coefficient (Wildman–Crippen LogP) is 3.94. The molecule has 1 heterocycles. The van der Waals surface area contributed by atoms with Crippen LogP contribution in [0, 0.1) is 0 Å². The predicted molar refractivity (Wildman–Crippen MR) is 112 cm³/mol. The van der Waals surface area contributed by atoms with Gasteiger partial charge in [-0.3, -0.25) is 4.79 Å². The molecule has 2 amide bonds. The first kappa shape index (κ1) is 22.1. The van der Waals surface area contributed by atoms with E-state index in [1.165, 1.54) is 24.9 Å². The molecule has 1 aromatic carbocycles. The van der Waals surface area contributed by atoms with Crippen molar-refractivity contribution in [3.8, 4) is 0 Å². The van der Waals surface area contributed by atoms with Crippen molar-refractivity contribution in [1.82, 2.24) is 10.2 Å². The standard InChI is InChI=1S/C22H35N3O3/c1-22(2,3)28-21(27)23-14-8-9-20(26)24(4)17-18-10-12-19(13-11-18)25-15-6-5-7-16-25/h10-13H,5-9,14-17H2,1-4H3,(H,23,27). The van der Waals surface area contributed by atoms with Crippen molar-refractivity contribution in [2.45, 2.75) is 65.0 Å². The molecule has 6 heteroatoms. The molecule has 0 saturated carbocycles. The molecule has 0 unspecified atom stereocenters. The summed E-state index contributed by atoms with van der Waals surface area (Å²) in [5, 5.41) is 2.68. The van der Waals surface area contributed by atoms with Crippen molar-refractivity contribution < 1.29 is 14.3 Å². The molecule has 6 nitrogen and oxygen atoms in total. The van der Waals surface area contributed by atoms with E-state index in [-0.39, 0.29) is 5.91 Å². The van der Waals surface area contributed by atoms with Crippen LogP contribution in [0.25, 0.3) is 0 Å². The van der Waals surface area contributed by atoms with Gasteiger partial charge in [-0.25, -0.2) is 4.79 Å². The second kappa shape index (κ2) is 10.3. The van der Waals surface area contributed by atoms with Gasteiger partial charge in [0.25, 0.3) is 0 Å². The van der Waals surface area contributed by atoms with Crippen LogP contribution in [0.2, 0.25) is 0 Å². The first-order chi connectivity index (χ1) is 13.2. The zero-order valence-electron chi connectivity index (χ0n) is 17.8. The minimum atomic E-state index is -0.510. The van der Waals surface area contributed by atoms with E-state index in [1.54, 1.807) is 4.90 Å². The highest BCUT2D eigenvalue weighted by Crippen LogP contribution is 2.20. The molecule has 156 valence electrons. The number of amides is 2. The fourth-order valence-electron chi connectivity index (χ4n) is 3.26. The number of hydrogen-bond acceptors (Lipinski definition) is 4. The Hall–Kier alpha value is -2.24. The lowest BCUT2D eigenvalue weighted by molar-refractivity contribution is -0.130. The van der Waals surface area contributed by atoms with Gasteiger partial charge in [0, 0.05) is 45.3 Å². The summed E-state index contributed by atoms with van der Waals surface area (Å²) in [6, 6.07) is 8.53. The number of anilines is 1. The van der Waals surface area contributed by atoms with Gasteiger partial charge >= 0.3 is 6.09 Å². The van der Waals surface area contributed by atoms with Crippen LogP contribution in [0.5, 0.6) is 0 Å². The second-order valence-electron chi connectivity index (χ2n) is 8.50. The van der Waals surface area contributed by atoms with Crippen molar-refractivity contribution in [1.29, 1.82) is 0 Å². The third-order valence-corrected chi connectivity index (χ3v) is 4.74. The Labute approximate surface area is 169 Å². The van der Waals surface area contributed by atoms with E-state index in [9.17, 15) is 9.59 Å². The molecule has 0 aliphatic carbocycles. The Kier molecular flexibility index (Phi) is 8.15.